The third-order valence-electron chi connectivity index (χ3n) is 2.61. The molecule has 0 radical (unpaired) electrons. The van der Waals surface area contributed by atoms with Gasteiger partial charge in [0.05, 0.1) is 5.02 Å². The van der Waals surface area contributed by atoms with E-state index in [1.807, 2.05) is 12.1 Å². The van der Waals surface area contributed by atoms with E-state index in [1.165, 1.54) is 0 Å². The van der Waals surface area contributed by atoms with Crippen LogP contribution in [0.1, 0.15) is 13.8 Å². The number of rotatable bonds is 1. The molecule has 0 saturated carbocycles. The smallest absolute Gasteiger partial charge is 0.128 e. The molecule has 0 bridgehead atoms. The Balaban J connectivity index is 2.13. The monoisotopic (exact) mass is 225 g/mol. The van der Waals surface area contributed by atoms with E-state index in [1.54, 1.807) is 6.20 Å². The second kappa shape index (κ2) is 3.99. The Morgan fingerprint density at radius 2 is 2.27 bits per heavy atom. The summed E-state index contributed by atoms with van der Waals surface area (Å²) in [6.45, 7) is 7.38. The van der Waals surface area contributed by atoms with Gasteiger partial charge >= 0.3 is 0 Å². The van der Waals surface area contributed by atoms with Gasteiger partial charge in [-0.2, -0.15) is 0 Å². The molecule has 1 fully saturated rings. The van der Waals surface area contributed by atoms with Crippen LogP contribution < -0.4 is 10.2 Å². The van der Waals surface area contributed by atoms with Gasteiger partial charge in [-0.25, -0.2) is 4.98 Å². The molecule has 1 aliphatic heterocycles. The zero-order chi connectivity index (χ0) is 10.9. The minimum Gasteiger partial charge on any atom is -0.354 e. The first-order valence-corrected chi connectivity index (χ1v) is 5.56. The molecule has 1 saturated heterocycles. The predicted molar refractivity (Wildman–Crippen MR) is 63.5 cm³/mol. The van der Waals surface area contributed by atoms with E-state index >= 15 is 0 Å². The first-order chi connectivity index (χ1) is 7.07. The molecule has 82 valence electrons. The van der Waals surface area contributed by atoms with Crippen LogP contribution in [0, 0.1) is 0 Å². The topological polar surface area (TPSA) is 28.2 Å². The Labute approximate surface area is 95.4 Å². The van der Waals surface area contributed by atoms with Crippen LogP contribution >= 0.6 is 11.6 Å². The molecular weight excluding hydrogens is 210 g/mol. The summed E-state index contributed by atoms with van der Waals surface area (Å²) in [5, 5.41) is 4.16. The van der Waals surface area contributed by atoms with Crippen LogP contribution in [0.3, 0.4) is 0 Å². The third-order valence-corrected chi connectivity index (χ3v) is 2.83. The van der Waals surface area contributed by atoms with Crippen molar-refractivity contribution in [2.75, 3.05) is 24.5 Å². The summed E-state index contributed by atoms with van der Waals surface area (Å²) in [5.41, 5.74) is 0.152. The third kappa shape index (κ3) is 2.61. The Kier molecular flexibility index (Phi) is 2.85. The first kappa shape index (κ1) is 10.7. The van der Waals surface area contributed by atoms with Crippen LogP contribution in [0.2, 0.25) is 5.02 Å². The molecule has 0 spiro atoms. The van der Waals surface area contributed by atoms with Gasteiger partial charge < -0.3 is 10.2 Å². The van der Waals surface area contributed by atoms with Crippen LogP contribution in [-0.4, -0.2) is 30.2 Å². The zero-order valence-corrected chi connectivity index (χ0v) is 9.88. The van der Waals surface area contributed by atoms with E-state index in [-0.39, 0.29) is 5.54 Å². The van der Waals surface area contributed by atoms with Crippen molar-refractivity contribution in [3.05, 3.63) is 23.4 Å². The molecule has 3 nitrogen and oxygen atoms in total. The normalized spacial score (nSPS) is 20.3. The van der Waals surface area contributed by atoms with Crippen LogP contribution in [0.4, 0.5) is 5.82 Å². The van der Waals surface area contributed by atoms with Crippen LogP contribution in [0.5, 0.6) is 0 Å². The van der Waals surface area contributed by atoms with Gasteiger partial charge in [-0.15, -0.1) is 0 Å². The average molecular weight is 226 g/mol. The highest BCUT2D eigenvalue weighted by atomic mass is 35.5. The van der Waals surface area contributed by atoms with E-state index in [4.69, 9.17) is 11.6 Å². The lowest BCUT2D eigenvalue weighted by Crippen LogP contribution is -2.57. The number of pyridine rings is 1. The Hall–Kier alpha value is -0.800. The average Bonchev–Trinajstić information content (AvgIpc) is 2.17. The van der Waals surface area contributed by atoms with Crippen molar-refractivity contribution in [3.63, 3.8) is 0 Å². The second-order valence-electron chi connectivity index (χ2n) is 4.57. The lowest BCUT2D eigenvalue weighted by atomic mass is 10.0. The molecule has 0 amide bonds. The van der Waals surface area contributed by atoms with Crippen molar-refractivity contribution in [3.8, 4) is 0 Å². The minimum atomic E-state index is 0.152. The van der Waals surface area contributed by atoms with Crippen molar-refractivity contribution < 1.29 is 0 Å². The highest BCUT2D eigenvalue weighted by Gasteiger charge is 2.26. The van der Waals surface area contributed by atoms with Gasteiger partial charge in [0, 0.05) is 31.4 Å². The molecule has 1 aromatic rings. The highest BCUT2D eigenvalue weighted by Crippen LogP contribution is 2.18. The molecule has 1 N–H and O–H groups in total. The summed E-state index contributed by atoms with van der Waals surface area (Å²) in [5.74, 6) is 1.01. The Morgan fingerprint density at radius 3 is 2.87 bits per heavy atom. The van der Waals surface area contributed by atoms with Gasteiger partial charge in [-0.3, -0.25) is 0 Å². The molecule has 4 heteroatoms. The number of nitrogens with zero attached hydrogens (tertiary/aromatic N) is 2. The fraction of sp³-hybridized carbons (Fsp3) is 0.545. The SMILES string of the molecule is CC1(C)CN(c2ccc(Cl)cn2)CCN1. The maximum Gasteiger partial charge on any atom is 0.128 e. The van der Waals surface area contributed by atoms with E-state index in [9.17, 15) is 0 Å². The Morgan fingerprint density at radius 1 is 1.47 bits per heavy atom. The van der Waals surface area contributed by atoms with Crippen LogP contribution in [-0.2, 0) is 0 Å². The largest absolute Gasteiger partial charge is 0.354 e. The predicted octanol–water partition coefficient (Wildman–Crippen LogP) is 1.92. The van der Waals surface area contributed by atoms with Crippen molar-refractivity contribution in [2.24, 2.45) is 0 Å². The highest BCUT2D eigenvalue weighted by molar-refractivity contribution is 6.30. The van der Waals surface area contributed by atoms with Gasteiger partial charge in [-0.1, -0.05) is 11.6 Å². The zero-order valence-electron chi connectivity index (χ0n) is 9.13. The number of aromatic nitrogens is 1. The summed E-state index contributed by atoms with van der Waals surface area (Å²) in [4.78, 5) is 6.62. The second-order valence-corrected chi connectivity index (χ2v) is 5.00. The number of hydrogen-bond acceptors (Lipinski definition) is 3. The van der Waals surface area contributed by atoms with Gasteiger partial charge in [0.2, 0.25) is 0 Å². The number of halogens is 1. The molecule has 0 aromatic carbocycles. The van der Waals surface area contributed by atoms with Gasteiger partial charge in [-0.05, 0) is 26.0 Å². The van der Waals surface area contributed by atoms with Crippen molar-refractivity contribution >= 4 is 17.4 Å². The molecule has 0 aliphatic carbocycles. The standard InChI is InChI=1S/C11H16ClN3/c1-11(2)8-15(6-5-14-11)10-4-3-9(12)7-13-10/h3-4,7,14H,5-6,8H2,1-2H3. The fourth-order valence-corrected chi connectivity index (χ4v) is 2.00. The van der Waals surface area contributed by atoms with Gasteiger partial charge in [0.1, 0.15) is 5.82 Å². The number of hydrogen-bond donors (Lipinski definition) is 1. The maximum atomic E-state index is 5.81. The molecule has 0 unspecified atom stereocenters. The van der Waals surface area contributed by atoms with E-state index in [2.05, 4.69) is 29.0 Å². The quantitative estimate of drug-likeness (QED) is 0.792. The van der Waals surface area contributed by atoms with E-state index < -0.39 is 0 Å². The lowest BCUT2D eigenvalue weighted by molar-refractivity contribution is 0.352. The number of piperazine rings is 1. The summed E-state index contributed by atoms with van der Waals surface area (Å²) in [7, 11) is 0. The molecule has 1 aromatic heterocycles. The molecule has 15 heavy (non-hydrogen) atoms. The summed E-state index contributed by atoms with van der Waals surface area (Å²) >= 11 is 5.81. The maximum absolute atomic E-state index is 5.81. The summed E-state index contributed by atoms with van der Waals surface area (Å²) < 4.78 is 0. The number of nitrogens with one attached hydrogen (secondary N) is 1. The molecule has 1 aliphatic rings. The minimum absolute atomic E-state index is 0.152. The van der Waals surface area contributed by atoms with E-state index in [0.29, 0.717) is 5.02 Å². The molecule has 2 heterocycles. The van der Waals surface area contributed by atoms with Gasteiger partial charge in [0.15, 0.2) is 0 Å². The van der Waals surface area contributed by atoms with E-state index in [0.717, 1.165) is 25.5 Å². The van der Waals surface area contributed by atoms with Crippen molar-refractivity contribution in [1.82, 2.24) is 10.3 Å². The van der Waals surface area contributed by atoms with Crippen LogP contribution in [0.25, 0.3) is 0 Å². The molecule has 2 rings (SSSR count). The lowest BCUT2D eigenvalue weighted by Gasteiger charge is -2.39. The fourth-order valence-electron chi connectivity index (χ4n) is 1.89. The molecular formula is C11H16ClN3. The first-order valence-electron chi connectivity index (χ1n) is 5.18. The summed E-state index contributed by atoms with van der Waals surface area (Å²) in [6.07, 6.45) is 1.70. The van der Waals surface area contributed by atoms with Gasteiger partial charge in [0.25, 0.3) is 0 Å². The number of anilines is 1. The summed E-state index contributed by atoms with van der Waals surface area (Å²) in [6, 6.07) is 3.86. The van der Waals surface area contributed by atoms with Crippen molar-refractivity contribution in [1.29, 1.82) is 0 Å². The van der Waals surface area contributed by atoms with Crippen LogP contribution in [0.15, 0.2) is 18.3 Å². The Bertz CT molecular complexity index is 334. The van der Waals surface area contributed by atoms with Crippen molar-refractivity contribution in [2.45, 2.75) is 19.4 Å². The molecule has 0 atom stereocenters.